The molecule has 1 nitrogen and oxygen atoms in total. The molecule has 0 aromatic carbocycles. The second-order valence-electron chi connectivity index (χ2n) is 8.73. The van der Waals surface area contributed by atoms with Crippen LogP contribution in [-0.2, 0) is 0 Å². The van der Waals surface area contributed by atoms with Gasteiger partial charge in [-0.3, -0.25) is 0 Å². The van der Waals surface area contributed by atoms with Crippen LogP contribution in [0.1, 0.15) is 65.2 Å². The van der Waals surface area contributed by atoms with Gasteiger partial charge in [0.15, 0.2) is 0 Å². The highest BCUT2D eigenvalue weighted by Gasteiger charge is 2.57. The highest BCUT2D eigenvalue weighted by molar-refractivity contribution is 5.28. The number of allylic oxidation sites excluding steroid dienone is 2. The summed E-state index contributed by atoms with van der Waals surface area (Å²) < 4.78 is 0. The summed E-state index contributed by atoms with van der Waals surface area (Å²) in [4.78, 5) is 0. The molecule has 0 amide bonds. The summed E-state index contributed by atoms with van der Waals surface area (Å²) in [5.74, 6) is 2.64. The summed E-state index contributed by atoms with van der Waals surface area (Å²) in [6.07, 6.45) is 12.2. The monoisotopic (exact) mass is 286 g/mol. The van der Waals surface area contributed by atoms with Crippen molar-refractivity contribution >= 4 is 0 Å². The van der Waals surface area contributed by atoms with Gasteiger partial charge in [0.25, 0.3) is 0 Å². The highest BCUT2D eigenvalue weighted by Crippen LogP contribution is 2.66. The lowest BCUT2D eigenvalue weighted by atomic mass is 9.47. The second-order valence-corrected chi connectivity index (χ2v) is 8.73. The van der Waals surface area contributed by atoms with E-state index in [2.05, 4.69) is 26.5 Å². The number of fused-ring (bicyclic) bond motifs is 5. The van der Waals surface area contributed by atoms with E-state index in [0.717, 1.165) is 24.2 Å². The maximum Gasteiger partial charge on any atom is 0.0724 e. The summed E-state index contributed by atoms with van der Waals surface area (Å²) >= 11 is 0. The van der Waals surface area contributed by atoms with E-state index in [4.69, 9.17) is 0 Å². The Morgan fingerprint density at radius 3 is 2.52 bits per heavy atom. The standard InChI is InChI=1S/C20H30O/c1-13-4-7-17-16-6-5-14-12-15(21)8-10-20(14,3)18(16)9-11-19(13,17)2/h12,15-18,21H,1,4-11H2,2-3H3/t15-,16?,17?,18?,19-,20+/m1/s1. The molecule has 0 saturated heterocycles. The van der Waals surface area contributed by atoms with Crippen LogP contribution in [0, 0.1) is 28.6 Å². The van der Waals surface area contributed by atoms with Crippen molar-refractivity contribution in [2.45, 2.75) is 71.3 Å². The fraction of sp³-hybridized carbons (Fsp3) is 0.800. The molecule has 1 heteroatoms. The molecule has 0 heterocycles. The maximum atomic E-state index is 10.00. The van der Waals surface area contributed by atoms with Crippen LogP contribution in [-0.4, -0.2) is 11.2 Å². The quantitative estimate of drug-likeness (QED) is 0.630. The predicted octanol–water partition coefficient (Wildman–Crippen LogP) is 4.87. The number of aliphatic hydroxyl groups excluding tert-OH is 1. The topological polar surface area (TPSA) is 20.2 Å². The molecule has 6 atom stereocenters. The molecule has 4 rings (SSSR count). The zero-order valence-electron chi connectivity index (χ0n) is 13.7. The van der Waals surface area contributed by atoms with E-state index in [1.807, 2.05) is 0 Å². The van der Waals surface area contributed by atoms with Gasteiger partial charge in [-0.05, 0) is 80.0 Å². The Balaban J connectivity index is 1.69. The van der Waals surface area contributed by atoms with Crippen molar-refractivity contribution in [3.05, 3.63) is 23.8 Å². The third kappa shape index (κ3) is 1.79. The minimum Gasteiger partial charge on any atom is -0.389 e. The van der Waals surface area contributed by atoms with E-state index in [1.54, 1.807) is 5.57 Å². The molecule has 0 aliphatic heterocycles. The summed E-state index contributed by atoms with van der Waals surface area (Å²) in [5, 5.41) is 10.00. The third-order valence-corrected chi connectivity index (χ3v) is 8.04. The Kier molecular flexibility index (Phi) is 2.99. The van der Waals surface area contributed by atoms with E-state index in [-0.39, 0.29) is 6.10 Å². The zero-order valence-corrected chi connectivity index (χ0v) is 13.7. The number of rotatable bonds is 0. The number of hydrogen-bond acceptors (Lipinski definition) is 1. The van der Waals surface area contributed by atoms with Crippen molar-refractivity contribution in [2.75, 3.05) is 0 Å². The first-order chi connectivity index (χ1) is 9.95. The highest BCUT2D eigenvalue weighted by atomic mass is 16.3. The molecule has 3 saturated carbocycles. The molecule has 1 N–H and O–H groups in total. The van der Waals surface area contributed by atoms with E-state index in [0.29, 0.717) is 10.8 Å². The normalized spacial score (nSPS) is 52.7. The summed E-state index contributed by atoms with van der Waals surface area (Å²) in [7, 11) is 0. The summed E-state index contributed by atoms with van der Waals surface area (Å²) in [5.41, 5.74) is 3.94. The van der Waals surface area contributed by atoms with Crippen LogP contribution >= 0.6 is 0 Å². The second kappa shape index (κ2) is 4.47. The van der Waals surface area contributed by atoms with E-state index >= 15 is 0 Å². The van der Waals surface area contributed by atoms with E-state index < -0.39 is 0 Å². The minimum absolute atomic E-state index is 0.176. The Morgan fingerprint density at radius 1 is 1.00 bits per heavy atom. The van der Waals surface area contributed by atoms with Crippen LogP contribution in [0.5, 0.6) is 0 Å². The SMILES string of the molecule is C=C1CCC2C3CCC4=C[C@H](O)CC[C@]4(C)C3CC[C@]12C. The van der Waals surface area contributed by atoms with Gasteiger partial charge in [0.1, 0.15) is 0 Å². The number of aliphatic hydroxyl groups is 1. The van der Waals surface area contributed by atoms with Crippen LogP contribution in [0.2, 0.25) is 0 Å². The average molecular weight is 286 g/mol. The largest absolute Gasteiger partial charge is 0.389 e. The van der Waals surface area contributed by atoms with Crippen molar-refractivity contribution in [2.24, 2.45) is 28.6 Å². The number of hydrogen-bond donors (Lipinski definition) is 1. The van der Waals surface area contributed by atoms with Crippen LogP contribution < -0.4 is 0 Å². The minimum atomic E-state index is -0.176. The van der Waals surface area contributed by atoms with Crippen molar-refractivity contribution in [1.29, 1.82) is 0 Å². The lowest BCUT2D eigenvalue weighted by Crippen LogP contribution is -2.49. The van der Waals surface area contributed by atoms with Gasteiger partial charge in [-0.1, -0.05) is 37.6 Å². The smallest absolute Gasteiger partial charge is 0.0724 e. The molecular formula is C20H30O. The van der Waals surface area contributed by atoms with Gasteiger partial charge in [0.05, 0.1) is 6.10 Å². The Hall–Kier alpha value is -0.560. The summed E-state index contributed by atoms with van der Waals surface area (Å²) in [6, 6.07) is 0. The zero-order chi connectivity index (χ0) is 14.8. The molecule has 4 aliphatic carbocycles. The predicted molar refractivity (Wildman–Crippen MR) is 86.8 cm³/mol. The first-order valence-electron chi connectivity index (χ1n) is 9.02. The summed E-state index contributed by atoms with van der Waals surface area (Å²) in [6.45, 7) is 9.42. The van der Waals surface area contributed by atoms with Crippen molar-refractivity contribution < 1.29 is 5.11 Å². The van der Waals surface area contributed by atoms with Crippen LogP contribution in [0.15, 0.2) is 23.8 Å². The van der Waals surface area contributed by atoms with E-state index in [9.17, 15) is 5.11 Å². The Labute approximate surface area is 129 Å². The van der Waals surface area contributed by atoms with Gasteiger partial charge in [0, 0.05) is 0 Å². The molecule has 0 bridgehead atoms. The lowest BCUT2D eigenvalue weighted by Gasteiger charge is -2.58. The average Bonchev–Trinajstić information content (AvgIpc) is 2.76. The van der Waals surface area contributed by atoms with Crippen molar-refractivity contribution in [3.63, 3.8) is 0 Å². The maximum absolute atomic E-state index is 10.00. The van der Waals surface area contributed by atoms with Gasteiger partial charge < -0.3 is 5.11 Å². The molecule has 0 spiro atoms. The van der Waals surface area contributed by atoms with Gasteiger partial charge in [-0.25, -0.2) is 0 Å². The lowest BCUT2D eigenvalue weighted by molar-refractivity contribution is -0.0313. The van der Waals surface area contributed by atoms with Crippen molar-refractivity contribution in [1.82, 2.24) is 0 Å². The molecule has 0 aromatic rings. The van der Waals surface area contributed by atoms with Gasteiger partial charge in [-0.15, -0.1) is 0 Å². The Morgan fingerprint density at radius 2 is 1.71 bits per heavy atom. The van der Waals surface area contributed by atoms with Crippen LogP contribution in [0.4, 0.5) is 0 Å². The molecule has 3 fully saturated rings. The molecule has 4 aliphatic rings. The van der Waals surface area contributed by atoms with E-state index in [1.165, 1.54) is 50.5 Å². The van der Waals surface area contributed by atoms with Gasteiger partial charge in [-0.2, -0.15) is 0 Å². The molecule has 116 valence electrons. The van der Waals surface area contributed by atoms with Crippen molar-refractivity contribution in [3.8, 4) is 0 Å². The molecular weight excluding hydrogens is 256 g/mol. The van der Waals surface area contributed by atoms with Crippen LogP contribution in [0.3, 0.4) is 0 Å². The third-order valence-electron chi connectivity index (χ3n) is 8.04. The molecule has 0 aromatic heterocycles. The van der Waals surface area contributed by atoms with Crippen LogP contribution in [0.25, 0.3) is 0 Å². The molecule has 21 heavy (non-hydrogen) atoms. The van der Waals surface area contributed by atoms with Gasteiger partial charge >= 0.3 is 0 Å². The fourth-order valence-electron chi connectivity index (χ4n) is 6.62. The van der Waals surface area contributed by atoms with Gasteiger partial charge in [0.2, 0.25) is 0 Å². The molecule has 0 radical (unpaired) electrons. The first-order valence-corrected chi connectivity index (χ1v) is 9.02. The Bertz CT molecular complexity index is 504. The first kappa shape index (κ1) is 14.1. The molecule has 3 unspecified atom stereocenters. The fourth-order valence-corrected chi connectivity index (χ4v) is 6.62.